The van der Waals surface area contributed by atoms with Gasteiger partial charge in [-0.05, 0) is 43.3 Å². The Balaban J connectivity index is 1.88. The summed E-state index contributed by atoms with van der Waals surface area (Å²) in [7, 11) is 2.11. The van der Waals surface area contributed by atoms with Crippen LogP contribution in [0.2, 0.25) is 5.02 Å². The van der Waals surface area contributed by atoms with Crippen LogP contribution in [0.4, 0.5) is 0 Å². The zero-order valence-electron chi connectivity index (χ0n) is 12.1. The summed E-state index contributed by atoms with van der Waals surface area (Å²) in [5, 5.41) is 0.749. The summed E-state index contributed by atoms with van der Waals surface area (Å²) >= 11 is 9.77. The van der Waals surface area contributed by atoms with Crippen molar-refractivity contribution in [2.24, 2.45) is 5.73 Å². The Bertz CT molecular complexity index is 589. The second-order valence-corrected chi connectivity index (χ2v) is 6.51. The van der Waals surface area contributed by atoms with E-state index in [4.69, 9.17) is 17.3 Å². The molecule has 1 atom stereocenters. The summed E-state index contributed by atoms with van der Waals surface area (Å²) in [5.74, 6) is 0. The van der Waals surface area contributed by atoms with Crippen LogP contribution in [0.1, 0.15) is 23.6 Å². The number of benzene rings is 2. The molecule has 0 saturated carbocycles. The third kappa shape index (κ3) is 4.82. The van der Waals surface area contributed by atoms with Crippen molar-refractivity contribution in [3.8, 4) is 0 Å². The fourth-order valence-electron chi connectivity index (χ4n) is 2.29. The van der Waals surface area contributed by atoms with Crippen LogP contribution in [0, 0.1) is 0 Å². The van der Waals surface area contributed by atoms with Gasteiger partial charge in [0.05, 0.1) is 0 Å². The lowest BCUT2D eigenvalue weighted by molar-refractivity contribution is 0.311. The lowest BCUT2D eigenvalue weighted by Crippen LogP contribution is -2.23. The summed E-state index contributed by atoms with van der Waals surface area (Å²) in [5.41, 5.74) is 8.55. The molecule has 2 aromatic rings. The van der Waals surface area contributed by atoms with Crippen molar-refractivity contribution < 1.29 is 0 Å². The number of hydrogen-bond acceptors (Lipinski definition) is 2. The van der Waals surface area contributed by atoms with E-state index >= 15 is 0 Å². The molecule has 0 spiro atoms. The fraction of sp³-hybridized carbons (Fsp3) is 0.294. The van der Waals surface area contributed by atoms with E-state index in [1.54, 1.807) is 0 Å². The summed E-state index contributed by atoms with van der Waals surface area (Å²) < 4.78 is 1.15. The fourth-order valence-corrected chi connectivity index (χ4v) is 2.97. The molecule has 112 valence electrons. The first-order valence-electron chi connectivity index (χ1n) is 7.00. The van der Waals surface area contributed by atoms with E-state index in [0.717, 1.165) is 34.6 Å². The molecular weight excluding hydrogens is 348 g/mol. The predicted molar refractivity (Wildman–Crippen MR) is 93.5 cm³/mol. The molecule has 2 rings (SSSR count). The molecule has 0 aliphatic carbocycles. The van der Waals surface area contributed by atoms with Crippen molar-refractivity contribution in [3.05, 3.63) is 69.2 Å². The first-order valence-corrected chi connectivity index (χ1v) is 8.17. The number of nitrogens with zero attached hydrogens (tertiary/aromatic N) is 1. The normalized spacial score (nSPS) is 12.6. The first kappa shape index (κ1) is 16.5. The smallest absolute Gasteiger partial charge is 0.0453 e. The molecule has 2 N–H and O–H groups in total. The maximum absolute atomic E-state index is 6.25. The lowest BCUT2D eigenvalue weighted by atomic mass is 10.0. The summed E-state index contributed by atoms with van der Waals surface area (Å²) in [4.78, 5) is 2.27. The van der Waals surface area contributed by atoms with Crippen molar-refractivity contribution in [2.45, 2.75) is 19.0 Å². The van der Waals surface area contributed by atoms with Crippen molar-refractivity contribution >= 4 is 27.5 Å². The van der Waals surface area contributed by atoms with Gasteiger partial charge in [0.1, 0.15) is 0 Å². The zero-order valence-corrected chi connectivity index (χ0v) is 14.4. The van der Waals surface area contributed by atoms with Crippen LogP contribution in [0.15, 0.2) is 53.0 Å². The van der Waals surface area contributed by atoms with Crippen LogP contribution in [0.25, 0.3) is 0 Å². The average Bonchev–Trinajstić information content (AvgIpc) is 2.48. The molecule has 0 aromatic heterocycles. The quantitative estimate of drug-likeness (QED) is 0.807. The molecule has 0 saturated heterocycles. The molecule has 1 unspecified atom stereocenters. The summed E-state index contributed by atoms with van der Waals surface area (Å²) in [6, 6.07) is 16.1. The van der Waals surface area contributed by atoms with E-state index in [9.17, 15) is 0 Å². The topological polar surface area (TPSA) is 29.3 Å². The Hall–Kier alpha value is -0.870. The molecule has 0 amide bonds. The van der Waals surface area contributed by atoms with Gasteiger partial charge in [0.15, 0.2) is 0 Å². The largest absolute Gasteiger partial charge is 0.324 e. The van der Waals surface area contributed by atoms with Gasteiger partial charge in [0.25, 0.3) is 0 Å². The minimum Gasteiger partial charge on any atom is -0.324 e. The number of rotatable bonds is 6. The second-order valence-electron chi connectivity index (χ2n) is 5.25. The number of hydrogen-bond donors (Lipinski definition) is 1. The molecule has 4 heteroatoms. The maximum atomic E-state index is 6.25. The third-order valence-electron chi connectivity index (χ3n) is 3.52. The summed E-state index contributed by atoms with van der Waals surface area (Å²) in [6.45, 7) is 1.82. The van der Waals surface area contributed by atoms with Crippen molar-refractivity contribution in [3.63, 3.8) is 0 Å². The van der Waals surface area contributed by atoms with Gasteiger partial charge in [-0.15, -0.1) is 0 Å². The molecule has 0 heterocycles. The Morgan fingerprint density at radius 1 is 1.14 bits per heavy atom. The van der Waals surface area contributed by atoms with Crippen LogP contribution in [0.5, 0.6) is 0 Å². The zero-order chi connectivity index (χ0) is 15.2. The van der Waals surface area contributed by atoms with Gasteiger partial charge in [0.2, 0.25) is 0 Å². The van der Waals surface area contributed by atoms with E-state index in [1.807, 2.05) is 30.3 Å². The Morgan fingerprint density at radius 2 is 1.81 bits per heavy atom. The van der Waals surface area contributed by atoms with E-state index in [1.165, 1.54) is 5.56 Å². The van der Waals surface area contributed by atoms with Gasteiger partial charge in [0, 0.05) is 22.1 Å². The van der Waals surface area contributed by atoms with Gasteiger partial charge in [-0.2, -0.15) is 0 Å². The highest BCUT2D eigenvalue weighted by atomic mass is 79.9. The van der Waals surface area contributed by atoms with Gasteiger partial charge in [-0.1, -0.05) is 63.9 Å². The van der Waals surface area contributed by atoms with Gasteiger partial charge in [-0.25, -0.2) is 0 Å². The highest BCUT2D eigenvalue weighted by Gasteiger charge is 2.11. The molecule has 0 aliphatic rings. The van der Waals surface area contributed by atoms with Gasteiger partial charge < -0.3 is 10.6 Å². The predicted octanol–water partition coefficient (Wildman–Crippen LogP) is 4.62. The van der Waals surface area contributed by atoms with Crippen LogP contribution in [-0.4, -0.2) is 18.5 Å². The van der Waals surface area contributed by atoms with Crippen molar-refractivity contribution in [1.82, 2.24) is 4.90 Å². The Kier molecular flexibility index (Phi) is 6.24. The minimum atomic E-state index is -0.0274. The van der Waals surface area contributed by atoms with E-state index in [2.05, 4.69) is 46.1 Å². The number of nitrogens with two attached hydrogens (primary N) is 1. The molecule has 2 nitrogen and oxygen atoms in total. The standard InChI is InChI=1S/C17H20BrClN2/c1-21(12-13-6-2-4-8-15(13)18)11-10-17(20)14-7-3-5-9-16(14)19/h2-9,17H,10-12,20H2,1H3. The molecule has 0 bridgehead atoms. The Morgan fingerprint density at radius 3 is 2.52 bits per heavy atom. The molecule has 0 radical (unpaired) electrons. The van der Waals surface area contributed by atoms with Crippen LogP contribution in [-0.2, 0) is 6.54 Å². The molecule has 0 aliphatic heterocycles. The van der Waals surface area contributed by atoms with E-state index in [-0.39, 0.29) is 6.04 Å². The maximum Gasteiger partial charge on any atom is 0.0453 e. The lowest BCUT2D eigenvalue weighted by Gasteiger charge is -2.20. The highest BCUT2D eigenvalue weighted by molar-refractivity contribution is 9.10. The second kappa shape index (κ2) is 7.95. The minimum absolute atomic E-state index is 0.0274. The van der Waals surface area contributed by atoms with E-state index in [0.29, 0.717) is 0 Å². The molecular formula is C17H20BrClN2. The Labute approximate surface area is 140 Å². The number of halogens is 2. The third-order valence-corrected chi connectivity index (χ3v) is 4.64. The van der Waals surface area contributed by atoms with Crippen LogP contribution >= 0.6 is 27.5 Å². The van der Waals surface area contributed by atoms with Crippen molar-refractivity contribution in [2.75, 3.05) is 13.6 Å². The molecule has 2 aromatic carbocycles. The molecule has 0 fully saturated rings. The summed E-state index contributed by atoms with van der Waals surface area (Å²) in [6.07, 6.45) is 0.880. The van der Waals surface area contributed by atoms with Gasteiger partial charge >= 0.3 is 0 Å². The highest BCUT2D eigenvalue weighted by Crippen LogP contribution is 2.23. The van der Waals surface area contributed by atoms with E-state index < -0.39 is 0 Å². The van der Waals surface area contributed by atoms with Crippen LogP contribution in [0.3, 0.4) is 0 Å². The average molecular weight is 368 g/mol. The van der Waals surface area contributed by atoms with Gasteiger partial charge in [-0.3, -0.25) is 0 Å². The monoisotopic (exact) mass is 366 g/mol. The van der Waals surface area contributed by atoms with Crippen LogP contribution < -0.4 is 5.73 Å². The first-order chi connectivity index (χ1) is 10.1. The molecule has 21 heavy (non-hydrogen) atoms. The van der Waals surface area contributed by atoms with Crippen molar-refractivity contribution in [1.29, 1.82) is 0 Å². The SMILES string of the molecule is CN(CCC(N)c1ccccc1Cl)Cc1ccccc1Br.